The van der Waals surface area contributed by atoms with Crippen LogP contribution < -0.4 is 0 Å². The van der Waals surface area contributed by atoms with Crippen molar-refractivity contribution in [3.63, 3.8) is 0 Å². The molecule has 0 radical (unpaired) electrons. The fourth-order valence-corrected chi connectivity index (χ4v) is 2.26. The van der Waals surface area contributed by atoms with Crippen LogP contribution in [0.2, 0.25) is 0 Å². The molecule has 0 amide bonds. The number of rotatable bonds is 2. The number of carbonyl (C=O) groups is 2. The van der Waals surface area contributed by atoms with Crippen LogP contribution >= 0.6 is 0 Å². The van der Waals surface area contributed by atoms with Crippen LogP contribution in [0, 0.1) is 0 Å². The highest BCUT2D eigenvalue weighted by Gasteiger charge is 2.37. The molecule has 0 fully saturated rings. The van der Waals surface area contributed by atoms with Gasteiger partial charge in [0.2, 0.25) is 0 Å². The van der Waals surface area contributed by atoms with E-state index in [1.54, 1.807) is 6.92 Å². The van der Waals surface area contributed by atoms with Gasteiger partial charge in [0.05, 0.1) is 0 Å². The van der Waals surface area contributed by atoms with Gasteiger partial charge in [-0.2, -0.15) is 0 Å². The second-order valence-corrected chi connectivity index (χ2v) is 5.04. The fraction of sp³-hybridized carbons (Fsp3) is 0.333. The number of cyclic esters (lactones) is 1. The average molecular weight is 276 g/mol. The SMILES string of the molecule is CC(C)=CCC1=C(O)C(=O)C(O)=C2C1=CC(=O)OC2C. The van der Waals surface area contributed by atoms with Gasteiger partial charge in [-0.15, -0.1) is 0 Å². The summed E-state index contributed by atoms with van der Waals surface area (Å²) in [6, 6.07) is 0. The lowest BCUT2D eigenvalue weighted by Crippen LogP contribution is -2.30. The molecule has 0 aromatic carbocycles. The molecule has 0 bridgehead atoms. The molecular formula is C15H16O5. The Kier molecular flexibility index (Phi) is 3.53. The predicted molar refractivity (Wildman–Crippen MR) is 72.0 cm³/mol. The Morgan fingerprint density at radius 3 is 2.55 bits per heavy atom. The first kappa shape index (κ1) is 14.1. The molecule has 1 unspecified atom stereocenters. The summed E-state index contributed by atoms with van der Waals surface area (Å²) in [4.78, 5) is 23.4. The van der Waals surface area contributed by atoms with Gasteiger partial charge in [0.1, 0.15) is 6.10 Å². The molecule has 1 atom stereocenters. The molecule has 1 aliphatic carbocycles. The van der Waals surface area contributed by atoms with E-state index < -0.39 is 29.4 Å². The molecule has 106 valence electrons. The van der Waals surface area contributed by atoms with Crippen LogP contribution in [0.1, 0.15) is 27.2 Å². The molecule has 0 saturated carbocycles. The zero-order valence-corrected chi connectivity index (χ0v) is 11.6. The summed E-state index contributed by atoms with van der Waals surface area (Å²) in [7, 11) is 0. The minimum absolute atomic E-state index is 0.254. The summed E-state index contributed by atoms with van der Waals surface area (Å²) in [6.45, 7) is 5.36. The monoisotopic (exact) mass is 276 g/mol. The summed E-state index contributed by atoms with van der Waals surface area (Å²) in [6.07, 6.45) is 2.62. The van der Waals surface area contributed by atoms with E-state index in [1.165, 1.54) is 6.08 Å². The molecule has 5 nitrogen and oxygen atoms in total. The van der Waals surface area contributed by atoms with Gasteiger partial charge in [-0.1, -0.05) is 11.6 Å². The average Bonchev–Trinajstić information content (AvgIpc) is 2.34. The van der Waals surface area contributed by atoms with Crippen LogP contribution in [-0.2, 0) is 14.3 Å². The molecular weight excluding hydrogens is 260 g/mol. The molecule has 20 heavy (non-hydrogen) atoms. The van der Waals surface area contributed by atoms with Gasteiger partial charge in [0.25, 0.3) is 5.78 Å². The van der Waals surface area contributed by atoms with Crippen molar-refractivity contribution in [1.29, 1.82) is 0 Å². The van der Waals surface area contributed by atoms with Crippen LogP contribution in [0.3, 0.4) is 0 Å². The molecule has 1 aliphatic heterocycles. The molecule has 0 aromatic rings. The van der Waals surface area contributed by atoms with E-state index in [0.29, 0.717) is 17.6 Å². The summed E-state index contributed by atoms with van der Waals surface area (Å²) in [5.41, 5.74) is 1.99. The van der Waals surface area contributed by atoms with E-state index >= 15 is 0 Å². The largest absolute Gasteiger partial charge is 0.504 e. The Labute approximate surface area is 116 Å². The number of aliphatic hydroxyl groups is 2. The van der Waals surface area contributed by atoms with Gasteiger partial charge in [-0.05, 0) is 32.8 Å². The smallest absolute Gasteiger partial charge is 0.331 e. The Bertz CT molecular complexity index is 612. The number of fused-ring (bicyclic) bond motifs is 1. The Hall–Kier alpha value is -2.30. The van der Waals surface area contributed by atoms with E-state index in [9.17, 15) is 19.8 Å². The third kappa shape index (κ3) is 2.27. The molecule has 2 N–H and O–H groups in total. The second kappa shape index (κ2) is 5.00. The van der Waals surface area contributed by atoms with E-state index in [0.717, 1.165) is 5.57 Å². The van der Waals surface area contributed by atoms with Crippen molar-refractivity contribution in [2.24, 2.45) is 0 Å². The van der Waals surface area contributed by atoms with E-state index in [1.807, 2.05) is 19.9 Å². The lowest BCUT2D eigenvalue weighted by atomic mass is 9.83. The van der Waals surface area contributed by atoms with E-state index in [2.05, 4.69) is 0 Å². The summed E-state index contributed by atoms with van der Waals surface area (Å²) >= 11 is 0. The Balaban J connectivity index is 2.58. The van der Waals surface area contributed by atoms with Crippen molar-refractivity contribution in [2.75, 3.05) is 0 Å². The first-order valence-electron chi connectivity index (χ1n) is 6.29. The lowest BCUT2D eigenvalue weighted by Gasteiger charge is -2.28. The van der Waals surface area contributed by atoms with Crippen molar-refractivity contribution >= 4 is 11.8 Å². The molecule has 1 heterocycles. The molecule has 0 saturated heterocycles. The van der Waals surface area contributed by atoms with Crippen molar-refractivity contribution in [3.8, 4) is 0 Å². The third-order valence-electron chi connectivity index (χ3n) is 3.26. The molecule has 5 heteroatoms. The fourth-order valence-electron chi connectivity index (χ4n) is 2.26. The first-order chi connectivity index (χ1) is 9.32. The number of aliphatic hydroxyl groups excluding tert-OH is 2. The molecule has 0 spiro atoms. The van der Waals surface area contributed by atoms with Crippen molar-refractivity contribution < 1.29 is 24.5 Å². The van der Waals surface area contributed by atoms with E-state index in [-0.39, 0.29) is 5.57 Å². The maximum Gasteiger partial charge on any atom is 0.331 e. The third-order valence-corrected chi connectivity index (χ3v) is 3.26. The van der Waals surface area contributed by atoms with Gasteiger partial charge >= 0.3 is 5.97 Å². The van der Waals surface area contributed by atoms with Crippen molar-refractivity contribution in [1.82, 2.24) is 0 Å². The normalized spacial score (nSPS) is 22.4. The topological polar surface area (TPSA) is 83.8 Å². The number of ketones is 1. The lowest BCUT2D eigenvalue weighted by molar-refractivity contribution is -0.141. The van der Waals surface area contributed by atoms with Gasteiger partial charge in [-0.3, -0.25) is 4.79 Å². The number of carbonyl (C=O) groups excluding carboxylic acids is 2. The van der Waals surface area contributed by atoms with Gasteiger partial charge in [-0.25, -0.2) is 4.79 Å². The first-order valence-corrected chi connectivity index (χ1v) is 6.29. The van der Waals surface area contributed by atoms with Gasteiger partial charge < -0.3 is 14.9 Å². The van der Waals surface area contributed by atoms with Crippen LogP contribution in [-0.4, -0.2) is 28.1 Å². The maximum absolute atomic E-state index is 11.9. The summed E-state index contributed by atoms with van der Waals surface area (Å²) < 4.78 is 4.98. The highest BCUT2D eigenvalue weighted by atomic mass is 16.5. The maximum atomic E-state index is 11.9. The van der Waals surface area contributed by atoms with Crippen LogP contribution in [0.15, 0.2) is 46.0 Å². The number of hydrogen-bond donors (Lipinski definition) is 2. The molecule has 0 aromatic heterocycles. The second-order valence-electron chi connectivity index (χ2n) is 5.04. The summed E-state index contributed by atoms with van der Waals surface area (Å²) in [5.74, 6) is -2.47. The predicted octanol–water partition coefficient (Wildman–Crippen LogP) is 2.42. The van der Waals surface area contributed by atoms with Crippen molar-refractivity contribution in [3.05, 3.63) is 46.0 Å². The molecule has 2 aliphatic rings. The van der Waals surface area contributed by atoms with E-state index in [4.69, 9.17) is 4.74 Å². The Morgan fingerprint density at radius 1 is 1.30 bits per heavy atom. The van der Waals surface area contributed by atoms with Gasteiger partial charge in [0.15, 0.2) is 11.5 Å². The highest BCUT2D eigenvalue weighted by molar-refractivity contribution is 6.10. The standard InChI is InChI=1S/C15H16O5/c1-7(2)4-5-9-10-6-11(16)20-8(3)12(10)14(18)15(19)13(9)17/h4,6,8,17-18H,5H2,1-3H3. The highest BCUT2D eigenvalue weighted by Crippen LogP contribution is 2.37. The number of hydrogen-bond acceptors (Lipinski definition) is 5. The zero-order valence-electron chi connectivity index (χ0n) is 11.6. The summed E-state index contributed by atoms with van der Waals surface area (Å²) in [5, 5.41) is 19.8. The Morgan fingerprint density at radius 2 is 1.95 bits per heavy atom. The number of ether oxygens (including phenoxy) is 1. The minimum atomic E-state index is -0.834. The van der Waals surface area contributed by atoms with Gasteiger partial charge in [0, 0.05) is 17.2 Å². The minimum Gasteiger partial charge on any atom is -0.504 e. The number of Topliss-reactive ketones (excluding diaryl/α,β-unsaturated/α-hetero) is 1. The van der Waals surface area contributed by atoms with Crippen LogP contribution in [0.25, 0.3) is 0 Å². The molecule has 2 rings (SSSR count). The zero-order chi connectivity index (χ0) is 15.0. The van der Waals surface area contributed by atoms with Crippen LogP contribution in [0.5, 0.6) is 0 Å². The quantitative estimate of drug-likeness (QED) is 0.597. The number of esters is 1. The van der Waals surface area contributed by atoms with Crippen LogP contribution in [0.4, 0.5) is 0 Å². The number of allylic oxidation sites excluding steroid dienone is 3. The van der Waals surface area contributed by atoms with Crippen molar-refractivity contribution in [2.45, 2.75) is 33.3 Å².